The van der Waals surface area contributed by atoms with E-state index in [1.54, 1.807) is 0 Å². The van der Waals surface area contributed by atoms with E-state index in [0.717, 1.165) is 66.0 Å². The van der Waals surface area contributed by atoms with Crippen LogP contribution in [0.5, 0.6) is 0 Å². The maximum Gasteiger partial charge on any atom is 0.254 e. The summed E-state index contributed by atoms with van der Waals surface area (Å²) in [6.45, 7) is 10.7. The molecule has 1 amide bonds. The van der Waals surface area contributed by atoms with E-state index >= 15 is 0 Å². The van der Waals surface area contributed by atoms with Gasteiger partial charge in [-0.25, -0.2) is 9.67 Å². The number of likely N-dealkylation sites (tertiary alicyclic amines) is 1. The van der Waals surface area contributed by atoms with Crippen molar-refractivity contribution in [1.29, 1.82) is 0 Å². The van der Waals surface area contributed by atoms with Crippen LogP contribution in [0.25, 0.3) is 22.3 Å². The molecule has 0 atom stereocenters. The van der Waals surface area contributed by atoms with Crippen molar-refractivity contribution >= 4 is 16.9 Å². The maximum atomic E-state index is 13.5. The number of aromatic nitrogens is 3. The molecule has 5 nitrogen and oxygen atoms in total. The van der Waals surface area contributed by atoms with Gasteiger partial charge in [0.05, 0.1) is 22.3 Å². The van der Waals surface area contributed by atoms with Gasteiger partial charge < -0.3 is 4.90 Å². The summed E-state index contributed by atoms with van der Waals surface area (Å²) in [5, 5.41) is 5.53. The molecule has 0 unspecified atom stereocenters. The lowest BCUT2D eigenvalue weighted by atomic mass is 9.97. The Balaban J connectivity index is 1.86. The predicted molar refractivity (Wildman–Crippen MR) is 112 cm³/mol. The molecule has 0 saturated carbocycles. The van der Waals surface area contributed by atoms with Gasteiger partial charge in [-0.3, -0.25) is 4.79 Å². The number of pyridine rings is 1. The van der Waals surface area contributed by atoms with Gasteiger partial charge in [0.25, 0.3) is 5.91 Å². The molecule has 2 aromatic heterocycles. The highest BCUT2D eigenvalue weighted by Crippen LogP contribution is 2.29. The van der Waals surface area contributed by atoms with Crippen LogP contribution < -0.4 is 0 Å². The smallest absolute Gasteiger partial charge is 0.254 e. The second-order valence-electron chi connectivity index (χ2n) is 8.00. The molecule has 1 fully saturated rings. The molecule has 0 N–H and O–H groups in total. The molecule has 4 rings (SSSR count). The van der Waals surface area contributed by atoms with Crippen molar-refractivity contribution < 1.29 is 4.79 Å². The highest BCUT2D eigenvalue weighted by atomic mass is 16.2. The van der Waals surface area contributed by atoms with Gasteiger partial charge in [-0.05, 0) is 45.6 Å². The van der Waals surface area contributed by atoms with Crippen molar-refractivity contribution in [2.24, 2.45) is 5.92 Å². The highest BCUT2D eigenvalue weighted by molar-refractivity contribution is 6.07. The monoisotopic (exact) mass is 376 g/mol. The van der Waals surface area contributed by atoms with Gasteiger partial charge >= 0.3 is 0 Å². The Morgan fingerprint density at radius 3 is 2.46 bits per heavy atom. The summed E-state index contributed by atoms with van der Waals surface area (Å²) in [6, 6.07) is 10.3. The van der Waals surface area contributed by atoms with Crippen LogP contribution in [-0.4, -0.2) is 38.7 Å². The molecule has 0 radical (unpaired) electrons. The quantitative estimate of drug-likeness (QED) is 0.671. The fourth-order valence-corrected chi connectivity index (χ4v) is 4.00. The van der Waals surface area contributed by atoms with Crippen LogP contribution >= 0.6 is 0 Å². The summed E-state index contributed by atoms with van der Waals surface area (Å²) in [5.74, 6) is 0.792. The van der Waals surface area contributed by atoms with E-state index in [4.69, 9.17) is 4.98 Å². The number of nitrogens with zero attached hydrogens (tertiary/aromatic N) is 4. The molecule has 1 aliphatic rings. The minimum absolute atomic E-state index is 0.103. The number of aryl methyl sites for hydroxylation is 3. The zero-order valence-corrected chi connectivity index (χ0v) is 17.2. The van der Waals surface area contributed by atoms with Crippen LogP contribution in [0, 0.1) is 19.8 Å². The van der Waals surface area contributed by atoms with Crippen LogP contribution in [0.1, 0.15) is 48.3 Å². The van der Waals surface area contributed by atoms with Crippen LogP contribution in [0.3, 0.4) is 0 Å². The molecule has 0 spiro atoms. The third-order valence-electron chi connectivity index (χ3n) is 5.83. The van der Waals surface area contributed by atoms with E-state index in [1.807, 2.05) is 22.6 Å². The van der Waals surface area contributed by atoms with Crippen molar-refractivity contribution in [3.8, 4) is 11.3 Å². The molecule has 28 heavy (non-hydrogen) atoms. The van der Waals surface area contributed by atoms with E-state index in [-0.39, 0.29) is 5.91 Å². The summed E-state index contributed by atoms with van der Waals surface area (Å²) in [6.07, 6.45) is 2.13. The van der Waals surface area contributed by atoms with Crippen LogP contribution in [0.4, 0.5) is 0 Å². The Morgan fingerprint density at radius 1 is 1.14 bits per heavy atom. The lowest BCUT2D eigenvalue weighted by Crippen LogP contribution is -2.38. The molecule has 0 bridgehead atoms. The van der Waals surface area contributed by atoms with Crippen molar-refractivity contribution in [3.63, 3.8) is 0 Å². The summed E-state index contributed by atoms with van der Waals surface area (Å²) in [7, 11) is 0. The minimum Gasteiger partial charge on any atom is -0.339 e. The lowest BCUT2D eigenvalue weighted by Gasteiger charge is -2.30. The number of amides is 1. The third kappa shape index (κ3) is 3.30. The van der Waals surface area contributed by atoms with E-state index in [2.05, 4.69) is 50.1 Å². The Bertz CT molecular complexity index is 1010. The number of piperidine rings is 1. The van der Waals surface area contributed by atoms with Crippen LogP contribution in [-0.2, 0) is 6.54 Å². The molecule has 1 saturated heterocycles. The van der Waals surface area contributed by atoms with Gasteiger partial charge in [-0.1, -0.05) is 36.8 Å². The van der Waals surface area contributed by atoms with Crippen molar-refractivity contribution in [2.75, 3.05) is 13.1 Å². The number of hydrogen-bond donors (Lipinski definition) is 0. The van der Waals surface area contributed by atoms with Gasteiger partial charge in [-0.2, -0.15) is 5.10 Å². The summed E-state index contributed by atoms with van der Waals surface area (Å²) in [4.78, 5) is 20.4. The number of benzene rings is 1. The average molecular weight is 377 g/mol. The van der Waals surface area contributed by atoms with E-state index < -0.39 is 0 Å². The molecule has 3 aromatic rings. The van der Waals surface area contributed by atoms with Gasteiger partial charge in [0.15, 0.2) is 5.65 Å². The summed E-state index contributed by atoms with van der Waals surface area (Å²) >= 11 is 0. The number of hydrogen-bond acceptors (Lipinski definition) is 3. The molecular weight excluding hydrogens is 348 g/mol. The molecule has 1 aromatic carbocycles. The number of carbonyl (C=O) groups is 1. The van der Waals surface area contributed by atoms with E-state index in [1.165, 1.54) is 5.56 Å². The normalized spacial score (nSPS) is 15.4. The fraction of sp³-hybridized carbons (Fsp3) is 0.435. The molecular formula is C23H28N4O. The number of carbonyl (C=O) groups excluding carboxylic acids is 1. The van der Waals surface area contributed by atoms with Gasteiger partial charge in [0.1, 0.15) is 0 Å². The maximum absolute atomic E-state index is 13.5. The second-order valence-corrected chi connectivity index (χ2v) is 8.00. The molecule has 0 aliphatic carbocycles. The topological polar surface area (TPSA) is 51.0 Å². The molecule has 5 heteroatoms. The first-order valence-electron chi connectivity index (χ1n) is 10.2. The van der Waals surface area contributed by atoms with Crippen molar-refractivity contribution in [2.45, 2.75) is 47.1 Å². The minimum atomic E-state index is 0.103. The highest BCUT2D eigenvalue weighted by Gasteiger charge is 2.26. The number of rotatable bonds is 3. The van der Waals surface area contributed by atoms with E-state index in [0.29, 0.717) is 5.92 Å². The predicted octanol–water partition coefficient (Wildman–Crippen LogP) is 4.61. The fourth-order valence-electron chi connectivity index (χ4n) is 4.00. The zero-order valence-electron chi connectivity index (χ0n) is 17.2. The third-order valence-corrected chi connectivity index (χ3v) is 5.83. The standard InChI is InChI=1S/C23H28N4O/c1-5-27-22-21(17(4)25-27)19(23(28)26-12-10-16(3)11-13-26)14-20(24-22)18-8-6-15(2)7-9-18/h6-9,14,16H,5,10-13H2,1-4H3. The first-order chi connectivity index (χ1) is 13.5. The zero-order chi connectivity index (χ0) is 19.8. The first-order valence-corrected chi connectivity index (χ1v) is 10.2. The Kier molecular flexibility index (Phi) is 4.92. The van der Waals surface area contributed by atoms with Crippen LogP contribution in [0.2, 0.25) is 0 Å². The summed E-state index contributed by atoms with van der Waals surface area (Å²) < 4.78 is 1.90. The van der Waals surface area contributed by atoms with Gasteiger partial charge in [0.2, 0.25) is 0 Å². The molecule has 3 heterocycles. The van der Waals surface area contributed by atoms with Crippen molar-refractivity contribution in [3.05, 3.63) is 47.2 Å². The first kappa shape index (κ1) is 18.7. The van der Waals surface area contributed by atoms with Gasteiger partial charge in [-0.15, -0.1) is 0 Å². The Hall–Kier alpha value is -2.69. The molecule has 1 aliphatic heterocycles. The van der Waals surface area contributed by atoms with Crippen molar-refractivity contribution in [1.82, 2.24) is 19.7 Å². The largest absolute Gasteiger partial charge is 0.339 e. The number of fused-ring (bicyclic) bond motifs is 1. The second kappa shape index (κ2) is 7.38. The van der Waals surface area contributed by atoms with Crippen LogP contribution in [0.15, 0.2) is 30.3 Å². The average Bonchev–Trinajstić information content (AvgIpc) is 3.04. The lowest BCUT2D eigenvalue weighted by molar-refractivity contribution is 0.0699. The Morgan fingerprint density at radius 2 is 1.82 bits per heavy atom. The Labute approximate surface area is 166 Å². The SMILES string of the molecule is CCn1nc(C)c2c(C(=O)N3CCC(C)CC3)cc(-c3ccc(C)cc3)nc21. The van der Waals surface area contributed by atoms with Gasteiger partial charge in [0, 0.05) is 25.2 Å². The van der Waals surface area contributed by atoms with E-state index in [9.17, 15) is 4.79 Å². The summed E-state index contributed by atoms with van der Waals surface area (Å²) in [5.41, 5.74) is 5.46. The molecule has 146 valence electrons.